The van der Waals surface area contributed by atoms with Gasteiger partial charge in [-0.25, -0.2) is 0 Å². The molecule has 0 N–H and O–H groups in total. The molecule has 1 aromatic rings. The summed E-state index contributed by atoms with van der Waals surface area (Å²) < 4.78 is 9.63. The lowest BCUT2D eigenvalue weighted by Gasteiger charge is -1.97. The Morgan fingerprint density at radius 3 is 2.43 bits per heavy atom. The van der Waals surface area contributed by atoms with E-state index in [0.717, 1.165) is 21.3 Å². The van der Waals surface area contributed by atoms with E-state index in [9.17, 15) is 0 Å². The summed E-state index contributed by atoms with van der Waals surface area (Å²) >= 11 is 9.19. The number of rotatable bonds is 3. The molecule has 0 unspecified atom stereocenters. The number of hydrogen-bond donors (Lipinski definition) is 0. The topological polar surface area (TPSA) is 18.5 Å². The van der Waals surface area contributed by atoms with E-state index in [1.165, 1.54) is 0 Å². The summed E-state index contributed by atoms with van der Waals surface area (Å²) in [6.07, 6.45) is 3.22. The molecule has 0 radical (unpaired) electrons. The summed E-state index contributed by atoms with van der Waals surface area (Å²) in [6.45, 7) is 0. The average molecular weight is 387 g/mol. The van der Waals surface area contributed by atoms with Crippen LogP contribution in [-0.2, 0) is 13.0 Å². The standard InChI is InChI=1S/C9H7Br3O2/c10-4-7-2-1-3-8(5-13-11)9(7)6-14-12/h1-3,5-6H,4H2. The van der Waals surface area contributed by atoms with E-state index in [2.05, 4.69) is 48.4 Å². The van der Waals surface area contributed by atoms with Crippen LogP contribution in [0.5, 0.6) is 0 Å². The monoisotopic (exact) mass is 384 g/mol. The molecule has 0 aliphatic rings. The molecule has 0 spiro atoms. The van der Waals surface area contributed by atoms with Gasteiger partial charge in [0.2, 0.25) is 0 Å². The minimum Gasteiger partial charge on any atom is -0.425 e. The van der Waals surface area contributed by atoms with E-state index in [1.54, 1.807) is 12.5 Å². The predicted molar refractivity (Wildman–Crippen MR) is 67.3 cm³/mol. The van der Waals surface area contributed by atoms with Crippen LogP contribution in [-0.4, -0.2) is 0 Å². The van der Waals surface area contributed by atoms with E-state index < -0.39 is 0 Å². The van der Waals surface area contributed by atoms with Crippen molar-refractivity contribution in [1.29, 1.82) is 0 Å². The van der Waals surface area contributed by atoms with Crippen LogP contribution in [0.1, 0.15) is 5.56 Å². The van der Waals surface area contributed by atoms with Crippen molar-refractivity contribution < 1.29 is 7.66 Å². The summed E-state index contributed by atoms with van der Waals surface area (Å²) in [5.74, 6) is 0. The Kier molecular flexibility index (Phi) is 5.59. The van der Waals surface area contributed by atoms with Crippen molar-refractivity contribution in [3.63, 3.8) is 0 Å². The number of alkyl halides is 1. The average Bonchev–Trinajstić information content (AvgIpc) is 2.21. The third-order valence-corrected chi connectivity index (χ3v) is 2.69. The molecule has 0 bridgehead atoms. The first kappa shape index (κ1) is 12.1. The fraction of sp³-hybridized carbons (Fsp3) is 0.111. The second-order valence-electron chi connectivity index (χ2n) is 2.47. The van der Waals surface area contributed by atoms with Gasteiger partial charge in [-0.15, -0.1) is 0 Å². The summed E-state index contributed by atoms with van der Waals surface area (Å²) in [7, 11) is 0. The van der Waals surface area contributed by atoms with Crippen molar-refractivity contribution in [2.75, 3.05) is 0 Å². The first-order valence-corrected chi connectivity index (χ1v) is 6.14. The molecule has 0 aliphatic heterocycles. The molecule has 5 heteroatoms. The second-order valence-corrected chi connectivity index (χ2v) is 3.78. The molecule has 0 heterocycles. The van der Waals surface area contributed by atoms with E-state index in [4.69, 9.17) is 7.66 Å². The van der Waals surface area contributed by atoms with Gasteiger partial charge in [0.05, 0.1) is 0 Å². The number of hydrogen-bond acceptors (Lipinski definition) is 2. The highest BCUT2D eigenvalue weighted by molar-refractivity contribution is 9.08. The molecule has 0 amide bonds. The molecule has 2 nitrogen and oxygen atoms in total. The zero-order chi connectivity index (χ0) is 10.4. The van der Waals surface area contributed by atoms with Gasteiger partial charge >= 0.3 is 0 Å². The van der Waals surface area contributed by atoms with Gasteiger partial charge in [0.1, 0.15) is 12.5 Å². The third-order valence-electron chi connectivity index (χ3n) is 1.71. The Hall–Kier alpha value is -0.0000000000000000555. The normalized spacial score (nSPS) is 13.1. The van der Waals surface area contributed by atoms with Gasteiger partial charge in [-0.2, -0.15) is 0 Å². The molecule has 0 saturated carbocycles. The van der Waals surface area contributed by atoms with Crippen molar-refractivity contribution in [2.45, 2.75) is 5.33 Å². The lowest BCUT2D eigenvalue weighted by Crippen LogP contribution is -2.27. The van der Waals surface area contributed by atoms with Crippen LogP contribution >= 0.6 is 48.4 Å². The van der Waals surface area contributed by atoms with Crippen molar-refractivity contribution in [3.8, 4) is 0 Å². The first-order chi connectivity index (χ1) is 6.83. The zero-order valence-corrected chi connectivity index (χ0v) is 11.8. The zero-order valence-electron chi connectivity index (χ0n) is 7.04. The Labute approximate surface area is 108 Å². The summed E-state index contributed by atoms with van der Waals surface area (Å²) in [6, 6.07) is 5.91. The molecule has 0 aromatic heterocycles. The van der Waals surface area contributed by atoms with E-state index >= 15 is 0 Å². The summed E-state index contributed by atoms with van der Waals surface area (Å²) in [4.78, 5) is 0. The maximum absolute atomic E-state index is 4.83. The van der Waals surface area contributed by atoms with Gasteiger partial charge in [-0.3, -0.25) is 0 Å². The molecular weight excluding hydrogens is 380 g/mol. The van der Waals surface area contributed by atoms with Gasteiger partial charge in [-0.1, -0.05) is 34.1 Å². The largest absolute Gasteiger partial charge is 0.425 e. The molecular formula is C9H7Br3O2. The fourth-order valence-electron chi connectivity index (χ4n) is 1.09. The van der Waals surface area contributed by atoms with E-state index in [-0.39, 0.29) is 0 Å². The van der Waals surface area contributed by atoms with Crippen LogP contribution in [0.2, 0.25) is 0 Å². The van der Waals surface area contributed by atoms with Gasteiger partial charge in [-0.05, 0) is 5.56 Å². The molecule has 14 heavy (non-hydrogen) atoms. The first-order valence-electron chi connectivity index (χ1n) is 3.72. The lowest BCUT2D eigenvalue weighted by atomic mass is 10.1. The van der Waals surface area contributed by atoms with Crippen LogP contribution in [0.25, 0.3) is 12.5 Å². The predicted octanol–water partition coefficient (Wildman–Crippen LogP) is 2.71. The van der Waals surface area contributed by atoms with Gasteiger partial charge < -0.3 is 7.66 Å². The van der Waals surface area contributed by atoms with Crippen LogP contribution in [0.15, 0.2) is 18.2 Å². The molecule has 1 rings (SSSR count). The quantitative estimate of drug-likeness (QED) is 0.744. The van der Waals surface area contributed by atoms with E-state index in [0.29, 0.717) is 0 Å². The third kappa shape index (κ3) is 3.00. The van der Waals surface area contributed by atoms with Crippen molar-refractivity contribution >= 4 is 61.0 Å². The van der Waals surface area contributed by atoms with Crippen LogP contribution in [0, 0.1) is 0 Å². The minimum absolute atomic E-state index is 0.763. The lowest BCUT2D eigenvalue weighted by molar-refractivity contribution is 0.658. The van der Waals surface area contributed by atoms with Crippen molar-refractivity contribution in [1.82, 2.24) is 0 Å². The number of halogens is 3. The highest BCUT2D eigenvalue weighted by Crippen LogP contribution is 1.97. The Balaban J connectivity index is 3.44. The molecule has 76 valence electrons. The van der Waals surface area contributed by atoms with Crippen LogP contribution in [0.3, 0.4) is 0 Å². The van der Waals surface area contributed by atoms with Gasteiger partial charge in [0.15, 0.2) is 32.5 Å². The molecule has 0 saturated heterocycles. The van der Waals surface area contributed by atoms with Crippen LogP contribution < -0.4 is 10.4 Å². The number of benzene rings is 1. The highest BCUT2D eigenvalue weighted by atomic mass is 79.9. The van der Waals surface area contributed by atoms with Crippen molar-refractivity contribution in [3.05, 3.63) is 34.2 Å². The molecule has 1 aromatic carbocycles. The van der Waals surface area contributed by atoms with Gasteiger partial charge in [0.25, 0.3) is 0 Å². The minimum atomic E-state index is 0.763. The maximum atomic E-state index is 4.83. The Morgan fingerprint density at radius 2 is 1.86 bits per heavy atom. The maximum Gasteiger partial charge on any atom is 0.178 e. The second kappa shape index (κ2) is 6.48. The Bertz CT molecular complexity index is 403. The van der Waals surface area contributed by atoms with Crippen molar-refractivity contribution in [2.24, 2.45) is 0 Å². The summed E-state index contributed by atoms with van der Waals surface area (Å²) in [5.41, 5.74) is 1.13. The SMILES string of the molecule is BrCc1cccc(=COBr)c1=COBr. The van der Waals surface area contributed by atoms with E-state index in [1.807, 2.05) is 18.2 Å². The molecule has 0 fully saturated rings. The Morgan fingerprint density at radius 1 is 1.14 bits per heavy atom. The fourth-order valence-corrected chi connectivity index (χ4v) is 1.97. The molecule has 0 atom stereocenters. The summed E-state index contributed by atoms with van der Waals surface area (Å²) in [5, 5.41) is 2.68. The van der Waals surface area contributed by atoms with Crippen LogP contribution in [0.4, 0.5) is 0 Å². The van der Waals surface area contributed by atoms with Gasteiger partial charge in [0, 0.05) is 15.8 Å². The smallest absolute Gasteiger partial charge is 0.178 e. The highest BCUT2D eigenvalue weighted by Gasteiger charge is 1.95. The molecule has 0 aliphatic carbocycles.